The molecule has 1 fully saturated rings. The highest BCUT2D eigenvalue weighted by molar-refractivity contribution is 6.74. The first kappa shape index (κ1) is 19.0. The van der Waals surface area contributed by atoms with Crippen LogP contribution in [0.25, 0.3) is 0 Å². The van der Waals surface area contributed by atoms with Crippen LogP contribution in [0.5, 0.6) is 0 Å². The maximum Gasteiger partial charge on any atom is 0.410 e. The van der Waals surface area contributed by atoms with Gasteiger partial charge in [-0.15, -0.1) is 0 Å². The molecule has 2 atom stereocenters. The SMILES string of the molecule is CCOC(=O)N1C[C@@H](O[Si](C)(C)C(C)(C)C)CC[C@H]1C(=O)O. The first-order valence-electron chi connectivity index (χ1n) is 7.83. The summed E-state index contributed by atoms with van der Waals surface area (Å²) in [4.78, 5) is 24.7. The van der Waals surface area contributed by atoms with E-state index in [0.29, 0.717) is 12.8 Å². The fraction of sp³-hybridized carbons (Fsp3) is 0.867. The van der Waals surface area contributed by atoms with Crippen molar-refractivity contribution in [3.63, 3.8) is 0 Å². The minimum Gasteiger partial charge on any atom is -0.480 e. The Balaban J connectivity index is 2.83. The summed E-state index contributed by atoms with van der Waals surface area (Å²) < 4.78 is 11.3. The lowest BCUT2D eigenvalue weighted by Crippen LogP contribution is -2.55. The fourth-order valence-corrected chi connectivity index (χ4v) is 3.67. The molecule has 0 unspecified atom stereocenters. The van der Waals surface area contributed by atoms with Crippen LogP contribution in [-0.2, 0) is 14.0 Å². The van der Waals surface area contributed by atoms with E-state index >= 15 is 0 Å². The molecule has 1 amide bonds. The zero-order valence-corrected chi connectivity index (χ0v) is 15.5. The van der Waals surface area contributed by atoms with E-state index in [2.05, 4.69) is 33.9 Å². The predicted octanol–water partition coefficient (Wildman–Crippen LogP) is 3.08. The van der Waals surface area contributed by atoms with E-state index < -0.39 is 26.4 Å². The number of rotatable bonds is 4. The minimum atomic E-state index is -1.95. The third-order valence-electron chi connectivity index (χ3n) is 4.59. The number of ether oxygens (including phenoxy) is 1. The molecule has 1 N–H and O–H groups in total. The van der Waals surface area contributed by atoms with E-state index in [1.54, 1.807) is 6.92 Å². The number of carbonyl (C=O) groups is 2. The minimum absolute atomic E-state index is 0.0748. The van der Waals surface area contributed by atoms with Crippen molar-refractivity contribution in [3.05, 3.63) is 0 Å². The van der Waals surface area contributed by atoms with Gasteiger partial charge in [0, 0.05) is 6.54 Å². The van der Waals surface area contributed by atoms with Gasteiger partial charge in [0.05, 0.1) is 12.7 Å². The molecule has 0 aromatic carbocycles. The number of carbonyl (C=O) groups excluding carboxylic acids is 1. The number of amides is 1. The molecule has 0 bridgehead atoms. The van der Waals surface area contributed by atoms with Gasteiger partial charge in [0.1, 0.15) is 6.04 Å². The Labute approximate surface area is 133 Å². The molecule has 0 aromatic rings. The van der Waals surface area contributed by atoms with Crippen LogP contribution in [0.1, 0.15) is 40.5 Å². The van der Waals surface area contributed by atoms with Gasteiger partial charge in [0.25, 0.3) is 0 Å². The van der Waals surface area contributed by atoms with Crippen molar-refractivity contribution in [1.29, 1.82) is 0 Å². The summed E-state index contributed by atoms with van der Waals surface area (Å²) in [7, 11) is -1.95. The molecule has 6 nitrogen and oxygen atoms in total. The molecule has 0 saturated carbocycles. The number of carboxylic acids is 1. The van der Waals surface area contributed by atoms with Crippen molar-refractivity contribution in [3.8, 4) is 0 Å². The molecule has 1 heterocycles. The van der Waals surface area contributed by atoms with Gasteiger partial charge in [-0.1, -0.05) is 20.8 Å². The molecule has 0 spiro atoms. The van der Waals surface area contributed by atoms with Crippen molar-refractivity contribution >= 4 is 20.4 Å². The number of piperidine rings is 1. The van der Waals surface area contributed by atoms with Gasteiger partial charge >= 0.3 is 12.1 Å². The molecular formula is C15H29NO5Si. The van der Waals surface area contributed by atoms with E-state index in [9.17, 15) is 14.7 Å². The quantitative estimate of drug-likeness (QED) is 0.801. The average Bonchev–Trinajstić information content (AvgIpc) is 2.36. The summed E-state index contributed by atoms with van der Waals surface area (Å²) in [5, 5.41) is 9.37. The zero-order valence-electron chi connectivity index (χ0n) is 14.5. The first-order valence-corrected chi connectivity index (χ1v) is 10.7. The second-order valence-electron chi connectivity index (χ2n) is 7.28. The Bertz CT molecular complexity index is 419. The summed E-state index contributed by atoms with van der Waals surface area (Å²) >= 11 is 0. The fourth-order valence-electron chi connectivity index (χ4n) is 2.29. The molecule has 1 rings (SSSR count). The predicted molar refractivity (Wildman–Crippen MR) is 86.5 cm³/mol. The van der Waals surface area contributed by atoms with Gasteiger partial charge in [-0.05, 0) is 37.9 Å². The van der Waals surface area contributed by atoms with E-state index in [1.807, 2.05) is 0 Å². The van der Waals surface area contributed by atoms with E-state index in [4.69, 9.17) is 9.16 Å². The molecule has 1 aliphatic heterocycles. The van der Waals surface area contributed by atoms with Crippen molar-refractivity contribution in [2.75, 3.05) is 13.2 Å². The van der Waals surface area contributed by atoms with Gasteiger partial charge in [-0.2, -0.15) is 0 Å². The molecule has 1 aliphatic rings. The van der Waals surface area contributed by atoms with Gasteiger partial charge in [0.15, 0.2) is 8.32 Å². The lowest BCUT2D eigenvalue weighted by atomic mass is 10.0. The second-order valence-corrected chi connectivity index (χ2v) is 12.0. The van der Waals surface area contributed by atoms with Gasteiger partial charge in [0.2, 0.25) is 0 Å². The number of nitrogens with zero attached hydrogens (tertiary/aromatic N) is 1. The van der Waals surface area contributed by atoms with E-state index in [1.165, 1.54) is 4.90 Å². The summed E-state index contributed by atoms with van der Waals surface area (Å²) in [6.07, 6.45) is 0.353. The smallest absolute Gasteiger partial charge is 0.410 e. The number of likely N-dealkylation sites (tertiary alicyclic amines) is 1. The summed E-state index contributed by atoms with van der Waals surface area (Å²) in [5.74, 6) is -0.987. The molecular weight excluding hydrogens is 302 g/mol. The Hall–Kier alpha value is -1.08. The molecule has 1 saturated heterocycles. The van der Waals surface area contributed by atoms with Crippen LogP contribution < -0.4 is 0 Å². The lowest BCUT2D eigenvalue weighted by Gasteiger charge is -2.43. The number of hydrogen-bond donors (Lipinski definition) is 1. The van der Waals surface area contributed by atoms with Crippen LogP contribution >= 0.6 is 0 Å². The van der Waals surface area contributed by atoms with E-state index in [0.717, 1.165) is 0 Å². The normalized spacial score (nSPS) is 23.3. The number of carboxylic acid groups (broad SMARTS) is 1. The van der Waals surface area contributed by atoms with Crippen LogP contribution in [0, 0.1) is 0 Å². The summed E-state index contributed by atoms with van der Waals surface area (Å²) in [6, 6.07) is -0.821. The Morgan fingerprint density at radius 1 is 1.27 bits per heavy atom. The average molecular weight is 331 g/mol. The highest BCUT2D eigenvalue weighted by Gasteiger charge is 2.43. The number of hydrogen-bond acceptors (Lipinski definition) is 4. The zero-order chi connectivity index (χ0) is 17.1. The molecule has 128 valence electrons. The largest absolute Gasteiger partial charge is 0.480 e. The van der Waals surface area contributed by atoms with Crippen molar-refractivity contribution < 1.29 is 23.9 Å². The third-order valence-corrected chi connectivity index (χ3v) is 9.13. The molecule has 0 aromatic heterocycles. The Morgan fingerprint density at radius 2 is 1.86 bits per heavy atom. The van der Waals surface area contributed by atoms with Gasteiger partial charge in [-0.3, -0.25) is 4.90 Å². The topological polar surface area (TPSA) is 76.1 Å². The van der Waals surface area contributed by atoms with Crippen molar-refractivity contribution in [1.82, 2.24) is 4.90 Å². The standard InChI is InChI=1S/C15H29NO5Si/c1-7-20-14(19)16-10-11(8-9-12(16)13(17)18)21-22(5,6)15(2,3)4/h11-12H,7-10H2,1-6H3,(H,17,18)/t11-,12-/m0/s1. The van der Waals surface area contributed by atoms with Crippen LogP contribution in [0.15, 0.2) is 0 Å². The van der Waals surface area contributed by atoms with E-state index in [-0.39, 0.29) is 24.3 Å². The molecule has 0 aliphatic carbocycles. The van der Waals surface area contributed by atoms with Gasteiger partial charge < -0.3 is 14.3 Å². The lowest BCUT2D eigenvalue weighted by molar-refractivity contribution is -0.145. The number of aliphatic carboxylic acids is 1. The Morgan fingerprint density at radius 3 is 2.32 bits per heavy atom. The molecule has 22 heavy (non-hydrogen) atoms. The summed E-state index contributed by atoms with van der Waals surface area (Å²) in [6.45, 7) is 13.0. The highest BCUT2D eigenvalue weighted by atomic mass is 28.4. The second kappa shape index (κ2) is 7.00. The first-order chi connectivity index (χ1) is 9.99. The molecule has 0 radical (unpaired) electrons. The van der Waals surface area contributed by atoms with Crippen LogP contribution in [-0.4, -0.2) is 55.7 Å². The third kappa shape index (κ3) is 4.46. The monoisotopic (exact) mass is 331 g/mol. The van der Waals surface area contributed by atoms with Gasteiger partial charge in [-0.25, -0.2) is 9.59 Å². The molecule has 7 heteroatoms. The highest BCUT2D eigenvalue weighted by Crippen LogP contribution is 2.38. The van der Waals surface area contributed by atoms with Crippen molar-refractivity contribution in [2.24, 2.45) is 0 Å². The maximum absolute atomic E-state index is 12.0. The van der Waals surface area contributed by atoms with Crippen LogP contribution in [0.2, 0.25) is 18.1 Å². The summed E-state index contributed by atoms with van der Waals surface area (Å²) in [5.41, 5.74) is 0. The van der Waals surface area contributed by atoms with Crippen LogP contribution in [0.4, 0.5) is 4.79 Å². The van der Waals surface area contributed by atoms with Crippen LogP contribution in [0.3, 0.4) is 0 Å². The maximum atomic E-state index is 12.0. The van der Waals surface area contributed by atoms with Crippen molar-refractivity contribution in [2.45, 2.75) is 70.8 Å². The Kier molecular flexibility index (Phi) is 6.03.